The average molecular weight is 251 g/mol. The molecule has 0 saturated carbocycles. The van der Waals surface area contributed by atoms with Crippen LogP contribution in [0, 0.1) is 25.2 Å². The first-order valence-corrected chi connectivity index (χ1v) is 6.04. The summed E-state index contributed by atoms with van der Waals surface area (Å²) in [7, 11) is 1.95. The van der Waals surface area contributed by atoms with Crippen molar-refractivity contribution in [2.24, 2.45) is 7.05 Å². The molecule has 94 valence electrons. The number of benzene rings is 1. The van der Waals surface area contributed by atoms with E-state index in [0.717, 1.165) is 33.9 Å². The minimum atomic E-state index is 0.595. The van der Waals surface area contributed by atoms with E-state index in [1.54, 1.807) is 6.07 Å². The Morgan fingerprint density at radius 1 is 1.32 bits per heavy atom. The summed E-state index contributed by atoms with van der Waals surface area (Å²) >= 11 is 0. The van der Waals surface area contributed by atoms with Crippen molar-refractivity contribution in [1.82, 2.24) is 9.55 Å². The van der Waals surface area contributed by atoms with Crippen LogP contribution in [0.15, 0.2) is 28.7 Å². The summed E-state index contributed by atoms with van der Waals surface area (Å²) in [5, 5.41) is 9.15. The van der Waals surface area contributed by atoms with Gasteiger partial charge in [0, 0.05) is 7.05 Å². The molecule has 0 unspecified atom stereocenters. The molecule has 3 rings (SSSR count). The third-order valence-electron chi connectivity index (χ3n) is 3.31. The number of para-hydroxylation sites is 1. The highest BCUT2D eigenvalue weighted by Crippen LogP contribution is 2.29. The Labute approximate surface area is 110 Å². The molecule has 1 aromatic carbocycles. The van der Waals surface area contributed by atoms with Crippen LogP contribution in [0.4, 0.5) is 0 Å². The number of aryl methyl sites for hydroxylation is 3. The Morgan fingerprint density at radius 3 is 2.74 bits per heavy atom. The lowest BCUT2D eigenvalue weighted by Crippen LogP contribution is -1.92. The molecule has 0 atom stereocenters. The van der Waals surface area contributed by atoms with Gasteiger partial charge in [0.1, 0.15) is 28.9 Å². The lowest BCUT2D eigenvalue weighted by atomic mass is 10.2. The predicted octanol–water partition coefficient (Wildman–Crippen LogP) is 3.32. The van der Waals surface area contributed by atoms with Crippen LogP contribution in [0.2, 0.25) is 0 Å². The van der Waals surface area contributed by atoms with Gasteiger partial charge in [0.05, 0.1) is 16.6 Å². The molecule has 19 heavy (non-hydrogen) atoms. The molecule has 0 saturated heterocycles. The number of rotatable bonds is 1. The van der Waals surface area contributed by atoms with E-state index in [1.807, 2.05) is 43.7 Å². The molecule has 4 nitrogen and oxygen atoms in total. The van der Waals surface area contributed by atoms with Crippen molar-refractivity contribution in [2.45, 2.75) is 13.8 Å². The van der Waals surface area contributed by atoms with Crippen LogP contribution in [-0.2, 0) is 7.05 Å². The first kappa shape index (κ1) is 11.5. The highest BCUT2D eigenvalue weighted by molar-refractivity contribution is 5.85. The van der Waals surface area contributed by atoms with Crippen molar-refractivity contribution < 1.29 is 4.42 Å². The Bertz CT molecular complexity index is 818. The minimum absolute atomic E-state index is 0.595. The van der Waals surface area contributed by atoms with E-state index in [0.29, 0.717) is 5.56 Å². The number of nitrogens with zero attached hydrogens (tertiary/aromatic N) is 3. The van der Waals surface area contributed by atoms with Crippen molar-refractivity contribution in [2.75, 3.05) is 0 Å². The van der Waals surface area contributed by atoms with Crippen molar-refractivity contribution in [3.63, 3.8) is 0 Å². The van der Waals surface area contributed by atoms with Gasteiger partial charge >= 0.3 is 0 Å². The molecule has 0 bridgehead atoms. The standard InChI is InChI=1S/C15H13N3O/c1-9-7-12(10(2)19-9)15-17-14-11(8-16)5-4-6-13(14)18(15)3/h4-7H,1-3H3. The second-order valence-electron chi connectivity index (χ2n) is 4.61. The summed E-state index contributed by atoms with van der Waals surface area (Å²) in [6.07, 6.45) is 0. The van der Waals surface area contributed by atoms with E-state index in [1.165, 1.54) is 0 Å². The molecule has 2 aromatic heterocycles. The number of hydrogen-bond donors (Lipinski definition) is 0. The molecule has 0 aliphatic rings. The van der Waals surface area contributed by atoms with Crippen molar-refractivity contribution in [3.8, 4) is 17.5 Å². The van der Waals surface area contributed by atoms with Gasteiger partial charge in [0.2, 0.25) is 0 Å². The van der Waals surface area contributed by atoms with Crippen LogP contribution in [0.3, 0.4) is 0 Å². The van der Waals surface area contributed by atoms with Gasteiger partial charge in [-0.05, 0) is 32.0 Å². The molecule has 0 N–H and O–H groups in total. The summed E-state index contributed by atoms with van der Waals surface area (Å²) in [6, 6.07) is 9.78. The summed E-state index contributed by atoms with van der Waals surface area (Å²) in [5.41, 5.74) is 3.25. The Hall–Kier alpha value is -2.54. The lowest BCUT2D eigenvalue weighted by Gasteiger charge is -2.00. The normalized spacial score (nSPS) is 10.8. The van der Waals surface area contributed by atoms with Crippen molar-refractivity contribution >= 4 is 11.0 Å². The van der Waals surface area contributed by atoms with Crippen LogP contribution < -0.4 is 0 Å². The van der Waals surface area contributed by atoms with E-state index >= 15 is 0 Å². The van der Waals surface area contributed by atoms with Gasteiger partial charge in [-0.15, -0.1) is 0 Å². The summed E-state index contributed by atoms with van der Waals surface area (Å²) in [5.74, 6) is 2.53. The molecule has 4 heteroatoms. The molecule has 3 aromatic rings. The topological polar surface area (TPSA) is 54.8 Å². The van der Waals surface area contributed by atoms with Gasteiger partial charge in [-0.3, -0.25) is 0 Å². The molecule has 0 aliphatic heterocycles. The molecular formula is C15H13N3O. The molecule has 0 radical (unpaired) electrons. The molecule has 0 fully saturated rings. The van der Waals surface area contributed by atoms with E-state index < -0.39 is 0 Å². The zero-order valence-electron chi connectivity index (χ0n) is 11.1. The van der Waals surface area contributed by atoms with Crippen LogP contribution in [0.1, 0.15) is 17.1 Å². The SMILES string of the molecule is Cc1cc(-c2nc3c(C#N)cccc3n2C)c(C)o1. The summed E-state index contributed by atoms with van der Waals surface area (Å²) in [6.45, 7) is 3.84. The zero-order valence-corrected chi connectivity index (χ0v) is 11.1. The fraction of sp³-hybridized carbons (Fsp3) is 0.200. The third kappa shape index (κ3) is 1.63. The van der Waals surface area contributed by atoms with E-state index in [4.69, 9.17) is 9.68 Å². The third-order valence-corrected chi connectivity index (χ3v) is 3.31. The van der Waals surface area contributed by atoms with Crippen molar-refractivity contribution in [3.05, 3.63) is 41.3 Å². The number of imidazole rings is 1. The fourth-order valence-electron chi connectivity index (χ4n) is 2.40. The highest BCUT2D eigenvalue weighted by Gasteiger charge is 2.16. The van der Waals surface area contributed by atoms with Gasteiger partial charge in [0.15, 0.2) is 0 Å². The van der Waals surface area contributed by atoms with E-state index in [9.17, 15) is 0 Å². The van der Waals surface area contributed by atoms with Crippen LogP contribution in [-0.4, -0.2) is 9.55 Å². The maximum atomic E-state index is 9.15. The smallest absolute Gasteiger partial charge is 0.144 e. The number of fused-ring (bicyclic) bond motifs is 1. The number of aromatic nitrogens is 2. The van der Waals surface area contributed by atoms with Gasteiger partial charge in [-0.1, -0.05) is 6.07 Å². The number of nitriles is 1. The molecular weight excluding hydrogens is 238 g/mol. The van der Waals surface area contributed by atoms with Crippen LogP contribution in [0.25, 0.3) is 22.4 Å². The van der Waals surface area contributed by atoms with E-state index in [2.05, 4.69) is 11.1 Å². The molecule has 2 heterocycles. The Kier molecular flexibility index (Phi) is 2.42. The van der Waals surface area contributed by atoms with Gasteiger partial charge in [-0.25, -0.2) is 4.98 Å². The van der Waals surface area contributed by atoms with Crippen molar-refractivity contribution in [1.29, 1.82) is 5.26 Å². The summed E-state index contributed by atoms with van der Waals surface area (Å²) in [4.78, 5) is 4.61. The Balaban J connectivity index is 2.35. The van der Waals surface area contributed by atoms with E-state index in [-0.39, 0.29) is 0 Å². The lowest BCUT2D eigenvalue weighted by molar-refractivity contribution is 0.505. The number of furan rings is 1. The zero-order chi connectivity index (χ0) is 13.6. The first-order chi connectivity index (χ1) is 9.11. The predicted molar refractivity (Wildman–Crippen MR) is 72.6 cm³/mol. The highest BCUT2D eigenvalue weighted by atomic mass is 16.3. The van der Waals surface area contributed by atoms with Crippen LogP contribution in [0.5, 0.6) is 0 Å². The molecule has 0 spiro atoms. The number of hydrogen-bond acceptors (Lipinski definition) is 3. The monoisotopic (exact) mass is 251 g/mol. The average Bonchev–Trinajstić information content (AvgIpc) is 2.90. The Morgan fingerprint density at radius 2 is 2.11 bits per heavy atom. The van der Waals surface area contributed by atoms with Crippen LogP contribution >= 0.6 is 0 Å². The maximum Gasteiger partial charge on any atom is 0.144 e. The molecule has 0 aliphatic carbocycles. The van der Waals surface area contributed by atoms with Gasteiger partial charge < -0.3 is 8.98 Å². The molecule has 0 amide bonds. The minimum Gasteiger partial charge on any atom is -0.466 e. The largest absolute Gasteiger partial charge is 0.466 e. The summed E-state index contributed by atoms with van der Waals surface area (Å²) < 4.78 is 7.55. The van der Waals surface area contributed by atoms with Gasteiger partial charge in [0.25, 0.3) is 0 Å². The second-order valence-corrected chi connectivity index (χ2v) is 4.61. The maximum absolute atomic E-state index is 9.15. The first-order valence-electron chi connectivity index (χ1n) is 6.04. The van der Waals surface area contributed by atoms with Gasteiger partial charge in [-0.2, -0.15) is 5.26 Å². The quantitative estimate of drug-likeness (QED) is 0.666. The fourth-order valence-corrected chi connectivity index (χ4v) is 2.40. The second kappa shape index (κ2) is 3.99.